The Kier molecular flexibility index (Phi) is 5.63. The van der Waals surface area contributed by atoms with Crippen LogP contribution in [0.2, 0.25) is 0 Å². The molecule has 3 atom stereocenters. The van der Waals surface area contributed by atoms with Gasteiger partial charge in [-0.25, -0.2) is 0 Å². The van der Waals surface area contributed by atoms with Crippen molar-refractivity contribution in [2.24, 2.45) is 0 Å². The zero-order valence-corrected chi connectivity index (χ0v) is 16.0. The predicted molar refractivity (Wildman–Crippen MR) is 101 cm³/mol. The molecule has 0 aliphatic carbocycles. The normalized spacial score (nSPS) is 18.3. The quantitative estimate of drug-likeness (QED) is 0.766. The smallest absolute Gasteiger partial charge is 0.265 e. The van der Waals surface area contributed by atoms with Gasteiger partial charge in [-0.1, -0.05) is 59.3 Å². The second kappa shape index (κ2) is 7.91. The fourth-order valence-corrected chi connectivity index (χ4v) is 3.20. The zero-order valence-electron chi connectivity index (χ0n) is 14.4. The molecular weight excluding hydrogens is 382 g/mol. The van der Waals surface area contributed by atoms with Crippen molar-refractivity contribution in [3.05, 3.63) is 59.7 Å². The van der Waals surface area contributed by atoms with Gasteiger partial charge < -0.3 is 14.8 Å². The van der Waals surface area contributed by atoms with Gasteiger partial charge in [0.25, 0.3) is 5.91 Å². The number of carbonyl (C=O) groups excluding carboxylic acids is 1. The molecule has 1 amide bonds. The van der Waals surface area contributed by atoms with Crippen LogP contribution >= 0.6 is 15.9 Å². The Hall–Kier alpha value is -2.01. The number of rotatable bonds is 5. The number of halogens is 1. The summed E-state index contributed by atoms with van der Waals surface area (Å²) in [7, 11) is 0. The van der Waals surface area contributed by atoms with Crippen molar-refractivity contribution in [3.8, 4) is 11.5 Å². The number of nitrogens with one attached hydrogen (secondary N) is 1. The highest BCUT2D eigenvalue weighted by Gasteiger charge is 2.28. The molecule has 2 aromatic carbocycles. The van der Waals surface area contributed by atoms with Gasteiger partial charge in [0.2, 0.25) is 6.10 Å². The third kappa shape index (κ3) is 4.54. The van der Waals surface area contributed by atoms with Crippen LogP contribution in [0, 0.1) is 0 Å². The second-order valence-corrected chi connectivity index (χ2v) is 7.89. The number of benzene rings is 2. The van der Waals surface area contributed by atoms with Crippen LogP contribution in [0.3, 0.4) is 0 Å². The van der Waals surface area contributed by atoms with Crippen molar-refractivity contribution in [1.29, 1.82) is 0 Å². The van der Waals surface area contributed by atoms with Crippen molar-refractivity contribution < 1.29 is 14.3 Å². The van der Waals surface area contributed by atoms with Gasteiger partial charge in [-0.2, -0.15) is 0 Å². The first-order valence-corrected chi connectivity index (χ1v) is 9.36. The number of hydrogen-bond donors (Lipinski definition) is 1. The topological polar surface area (TPSA) is 47.6 Å². The molecule has 1 aliphatic heterocycles. The molecule has 0 saturated heterocycles. The standard InChI is InChI=1S/C20H22BrNO3/c1-13(21)10-15-8-9-17-18(11-15)24-12-19(25-17)20(23)22-14(2)16-6-4-3-5-7-16/h3-9,11,13-14,19H,10,12H2,1-2H3,(H,22,23)/t13-,14-,19+/m0/s1. The van der Waals surface area contributed by atoms with E-state index in [1.54, 1.807) is 0 Å². The van der Waals surface area contributed by atoms with Crippen LogP contribution < -0.4 is 14.8 Å². The second-order valence-electron chi connectivity index (χ2n) is 6.32. The Labute approximate surface area is 156 Å². The van der Waals surface area contributed by atoms with Gasteiger partial charge in [0.05, 0.1) is 6.04 Å². The van der Waals surface area contributed by atoms with Crippen molar-refractivity contribution in [2.45, 2.75) is 37.2 Å². The molecule has 0 unspecified atom stereocenters. The van der Waals surface area contributed by atoms with Gasteiger partial charge >= 0.3 is 0 Å². The average molecular weight is 404 g/mol. The van der Waals surface area contributed by atoms with E-state index in [4.69, 9.17) is 9.47 Å². The first-order valence-electron chi connectivity index (χ1n) is 8.44. The van der Waals surface area contributed by atoms with Gasteiger partial charge in [0.15, 0.2) is 11.5 Å². The Bertz CT molecular complexity index is 733. The van der Waals surface area contributed by atoms with E-state index in [0.29, 0.717) is 16.3 Å². The van der Waals surface area contributed by atoms with E-state index in [-0.39, 0.29) is 18.6 Å². The highest BCUT2D eigenvalue weighted by Crippen LogP contribution is 2.33. The van der Waals surface area contributed by atoms with E-state index in [1.165, 1.54) is 5.56 Å². The molecule has 0 fully saturated rings. The van der Waals surface area contributed by atoms with Crippen LogP contribution in [0.4, 0.5) is 0 Å². The van der Waals surface area contributed by atoms with E-state index in [0.717, 1.165) is 12.0 Å². The highest BCUT2D eigenvalue weighted by atomic mass is 79.9. The lowest BCUT2D eigenvalue weighted by Crippen LogP contribution is -2.44. The van der Waals surface area contributed by atoms with Gasteiger partial charge in [0.1, 0.15) is 6.61 Å². The third-order valence-corrected chi connectivity index (χ3v) is 4.46. The van der Waals surface area contributed by atoms with Gasteiger partial charge in [0, 0.05) is 4.83 Å². The van der Waals surface area contributed by atoms with Crippen LogP contribution in [0.5, 0.6) is 11.5 Å². The molecule has 2 aromatic rings. The minimum atomic E-state index is -0.639. The Morgan fingerprint density at radius 2 is 1.96 bits per heavy atom. The minimum absolute atomic E-state index is 0.0820. The van der Waals surface area contributed by atoms with Crippen molar-refractivity contribution in [2.75, 3.05) is 6.61 Å². The fourth-order valence-electron chi connectivity index (χ4n) is 2.83. The van der Waals surface area contributed by atoms with Crippen molar-refractivity contribution in [3.63, 3.8) is 0 Å². The first kappa shape index (κ1) is 17.8. The van der Waals surface area contributed by atoms with Crippen LogP contribution in [0.15, 0.2) is 48.5 Å². The molecule has 0 saturated carbocycles. The summed E-state index contributed by atoms with van der Waals surface area (Å²) >= 11 is 3.55. The number of carbonyl (C=O) groups is 1. The molecule has 5 heteroatoms. The Balaban J connectivity index is 1.63. The summed E-state index contributed by atoms with van der Waals surface area (Å²) in [5, 5.41) is 2.98. The number of amides is 1. The van der Waals surface area contributed by atoms with Crippen molar-refractivity contribution >= 4 is 21.8 Å². The summed E-state index contributed by atoms with van der Waals surface area (Å²) < 4.78 is 11.6. The third-order valence-electron chi connectivity index (χ3n) is 4.14. The summed E-state index contributed by atoms with van der Waals surface area (Å²) in [6.07, 6.45) is 0.273. The van der Waals surface area contributed by atoms with E-state index in [1.807, 2.05) is 55.5 Å². The lowest BCUT2D eigenvalue weighted by Gasteiger charge is -2.27. The molecule has 1 heterocycles. The number of alkyl halides is 1. The molecule has 4 nitrogen and oxygen atoms in total. The summed E-state index contributed by atoms with van der Waals surface area (Å²) in [6, 6.07) is 15.6. The maximum Gasteiger partial charge on any atom is 0.265 e. The average Bonchev–Trinajstić information content (AvgIpc) is 2.61. The molecule has 132 valence electrons. The SMILES string of the molecule is C[C@H](Br)Cc1ccc2c(c1)OC[C@H](C(=O)N[C@@H](C)c1ccccc1)O2. The number of hydrogen-bond acceptors (Lipinski definition) is 3. The van der Waals surface area contributed by atoms with E-state index >= 15 is 0 Å². The lowest BCUT2D eigenvalue weighted by atomic mass is 10.1. The van der Waals surface area contributed by atoms with E-state index < -0.39 is 6.10 Å². The Morgan fingerprint density at radius 3 is 2.68 bits per heavy atom. The summed E-state index contributed by atoms with van der Waals surface area (Å²) in [5.41, 5.74) is 2.23. The summed E-state index contributed by atoms with van der Waals surface area (Å²) in [4.78, 5) is 12.9. The van der Waals surface area contributed by atoms with Gasteiger partial charge in [-0.3, -0.25) is 4.79 Å². The van der Waals surface area contributed by atoms with Crippen LogP contribution in [-0.2, 0) is 11.2 Å². The van der Waals surface area contributed by atoms with E-state index in [9.17, 15) is 4.79 Å². The fraction of sp³-hybridized carbons (Fsp3) is 0.350. The van der Waals surface area contributed by atoms with Gasteiger partial charge in [-0.15, -0.1) is 0 Å². The molecule has 0 bridgehead atoms. The van der Waals surface area contributed by atoms with Crippen LogP contribution in [-0.4, -0.2) is 23.4 Å². The van der Waals surface area contributed by atoms with Gasteiger partial charge in [-0.05, 0) is 36.6 Å². The number of ether oxygens (including phenoxy) is 2. The molecule has 1 N–H and O–H groups in total. The molecule has 0 aromatic heterocycles. The zero-order chi connectivity index (χ0) is 17.8. The first-order chi connectivity index (χ1) is 12.0. The summed E-state index contributed by atoms with van der Waals surface area (Å²) in [6.45, 7) is 4.28. The molecule has 3 rings (SSSR count). The maximum atomic E-state index is 12.5. The van der Waals surface area contributed by atoms with Crippen molar-refractivity contribution in [1.82, 2.24) is 5.32 Å². The molecule has 0 spiro atoms. The largest absolute Gasteiger partial charge is 0.485 e. The molecule has 1 aliphatic rings. The predicted octanol–water partition coefficient (Wildman–Crippen LogP) is 4.03. The summed E-state index contributed by atoms with van der Waals surface area (Å²) in [5.74, 6) is 1.15. The Morgan fingerprint density at radius 1 is 1.20 bits per heavy atom. The number of fused-ring (bicyclic) bond motifs is 1. The van der Waals surface area contributed by atoms with E-state index in [2.05, 4.69) is 28.2 Å². The van der Waals surface area contributed by atoms with Crippen LogP contribution in [0.25, 0.3) is 0 Å². The molecule has 25 heavy (non-hydrogen) atoms. The maximum absolute atomic E-state index is 12.5. The highest BCUT2D eigenvalue weighted by molar-refractivity contribution is 9.09. The molecular formula is C20H22BrNO3. The monoisotopic (exact) mass is 403 g/mol. The van der Waals surface area contributed by atoms with Crippen LogP contribution in [0.1, 0.15) is 31.0 Å². The lowest BCUT2D eigenvalue weighted by molar-refractivity contribution is -0.131. The minimum Gasteiger partial charge on any atom is -0.485 e. The molecule has 0 radical (unpaired) electrons.